The van der Waals surface area contributed by atoms with Gasteiger partial charge in [0.1, 0.15) is 17.9 Å². The van der Waals surface area contributed by atoms with Crippen molar-refractivity contribution in [1.82, 2.24) is 4.57 Å². The number of ether oxygens (including phenoxy) is 1. The van der Waals surface area contributed by atoms with Crippen LogP contribution in [0.25, 0.3) is 11.0 Å². The van der Waals surface area contributed by atoms with Gasteiger partial charge in [-0.15, -0.1) is 6.42 Å². The molecule has 0 aliphatic rings. The lowest BCUT2D eigenvalue weighted by atomic mass is 10.1. The molecule has 1 N–H and O–H groups in total. The predicted molar refractivity (Wildman–Crippen MR) is 97.7 cm³/mol. The third kappa shape index (κ3) is 3.33. The van der Waals surface area contributed by atoms with E-state index in [1.54, 1.807) is 35.0 Å². The summed E-state index contributed by atoms with van der Waals surface area (Å²) in [4.78, 5) is 23.9. The zero-order valence-corrected chi connectivity index (χ0v) is 14.2. The van der Waals surface area contributed by atoms with Crippen LogP contribution in [0.4, 0.5) is 0 Å². The third-order valence-electron chi connectivity index (χ3n) is 4.04. The van der Waals surface area contributed by atoms with E-state index in [1.165, 1.54) is 6.07 Å². The predicted octanol–water partition coefficient (Wildman–Crippen LogP) is 2.28. The molecule has 6 heteroatoms. The normalized spacial score (nSPS) is 10.6. The Morgan fingerprint density at radius 2 is 2.08 bits per heavy atom. The standard InChI is InChI=1S/C20H17NO5/c1-3-9-25-15-6-5-13-10-14(20(24)26-18(13)11-15)12-21-8-7-17(22)19(23)16(21)4-2/h1,5-8,10-11,23H,4,9,12H2,2H3. The van der Waals surface area contributed by atoms with Gasteiger partial charge in [-0.25, -0.2) is 4.79 Å². The molecule has 3 rings (SSSR count). The molecule has 0 aliphatic carbocycles. The summed E-state index contributed by atoms with van der Waals surface area (Å²) in [5, 5.41) is 10.7. The number of nitrogens with zero attached hydrogens (tertiary/aromatic N) is 1. The third-order valence-corrected chi connectivity index (χ3v) is 4.04. The first kappa shape index (κ1) is 17.4. The largest absolute Gasteiger partial charge is 0.503 e. The number of hydrogen-bond donors (Lipinski definition) is 1. The first-order valence-electron chi connectivity index (χ1n) is 8.07. The number of hydrogen-bond acceptors (Lipinski definition) is 5. The Labute approximate surface area is 149 Å². The minimum atomic E-state index is -0.494. The van der Waals surface area contributed by atoms with E-state index in [-0.39, 0.29) is 18.9 Å². The molecular formula is C20H17NO5. The van der Waals surface area contributed by atoms with E-state index in [4.69, 9.17) is 15.6 Å². The lowest BCUT2D eigenvalue weighted by Crippen LogP contribution is -2.17. The molecular weight excluding hydrogens is 334 g/mol. The number of rotatable bonds is 5. The van der Waals surface area contributed by atoms with Crippen LogP contribution in [0.5, 0.6) is 11.5 Å². The minimum absolute atomic E-state index is 0.128. The quantitative estimate of drug-likeness (QED) is 0.563. The van der Waals surface area contributed by atoms with E-state index < -0.39 is 11.1 Å². The smallest absolute Gasteiger partial charge is 0.341 e. The van der Waals surface area contributed by atoms with Gasteiger partial charge < -0.3 is 18.8 Å². The molecule has 6 nitrogen and oxygen atoms in total. The molecule has 2 heterocycles. The van der Waals surface area contributed by atoms with Gasteiger partial charge in [0.25, 0.3) is 0 Å². The average Bonchev–Trinajstić information content (AvgIpc) is 2.63. The summed E-state index contributed by atoms with van der Waals surface area (Å²) in [5.74, 6) is 2.59. The van der Waals surface area contributed by atoms with E-state index in [1.807, 2.05) is 6.92 Å². The molecule has 0 radical (unpaired) electrons. The van der Waals surface area contributed by atoms with Gasteiger partial charge in [-0.3, -0.25) is 4.79 Å². The van der Waals surface area contributed by atoms with E-state index in [2.05, 4.69) is 5.92 Å². The van der Waals surface area contributed by atoms with Gasteiger partial charge in [0, 0.05) is 23.7 Å². The summed E-state index contributed by atoms with van der Waals surface area (Å²) < 4.78 is 12.4. The number of pyridine rings is 1. The van der Waals surface area contributed by atoms with Crippen molar-refractivity contribution in [2.24, 2.45) is 0 Å². The molecule has 2 aromatic heterocycles. The summed E-state index contributed by atoms with van der Waals surface area (Å²) in [5.41, 5.74) is 0.337. The SMILES string of the molecule is C#CCOc1ccc2cc(Cn3ccc(=O)c(O)c3CC)c(=O)oc2c1. The Morgan fingerprint density at radius 1 is 1.27 bits per heavy atom. The Morgan fingerprint density at radius 3 is 2.81 bits per heavy atom. The summed E-state index contributed by atoms with van der Waals surface area (Å²) in [6, 6.07) is 8.12. The molecule has 0 spiro atoms. The van der Waals surface area contributed by atoms with E-state index in [9.17, 15) is 14.7 Å². The van der Waals surface area contributed by atoms with Crippen LogP contribution >= 0.6 is 0 Å². The monoisotopic (exact) mass is 351 g/mol. The summed E-state index contributed by atoms with van der Waals surface area (Å²) in [7, 11) is 0. The van der Waals surface area contributed by atoms with Gasteiger partial charge in [-0.2, -0.15) is 0 Å². The molecule has 0 aliphatic heterocycles. The van der Waals surface area contributed by atoms with Crippen molar-refractivity contribution < 1.29 is 14.3 Å². The number of terminal acetylenes is 1. The molecule has 1 aromatic carbocycles. The van der Waals surface area contributed by atoms with Crippen molar-refractivity contribution in [1.29, 1.82) is 0 Å². The molecule has 0 unspecified atom stereocenters. The maximum Gasteiger partial charge on any atom is 0.341 e. The highest BCUT2D eigenvalue weighted by Gasteiger charge is 2.12. The van der Waals surface area contributed by atoms with Gasteiger partial charge in [-0.05, 0) is 24.6 Å². The fraction of sp³-hybridized carbons (Fsp3) is 0.200. The second-order valence-corrected chi connectivity index (χ2v) is 5.71. The van der Waals surface area contributed by atoms with Crippen LogP contribution in [0, 0.1) is 12.3 Å². The van der Waals surface area contributed by atoms with Crippen LogP contribution in [0.2, 0.25) is 0 Å². The Bertz CT molecular complexity index is 1120. The van der Waals surface area contributed by atoms with Gasteiger partial charge in [0.2, 0.25) is 5.43 Å². The zero-order valence-electron chi connectivity index (χ0n) is 14.2. The highest BCUT2D eigenvalue weighted by Crippen LogP contribution is 2.21. The number of aromatic hydroxyl groups is 1. The van der Waals surface area contributed by atoms with Crippen LogP contribution in [-0.4, -0.2) is 16.3 Å². The number of benzene rings is 1. The van der Waals surface area contributed by atoms with Crippen LogP contribution in [0.15, 0.2) is 50.5 Å². The molecule has 0 amide bonds. The van der Waals surface area contributed by atoms with Crippen LogP contribution in [0.3, 0.4) is 0 Å². The van der Waals surface area contributed by atoms with Crippen molar-refractivity contribution in [3.05, 3.63) is 68.4 Å². The van der Waals surface area contributed by atoms with Gasteiger partial charge in [0.15, 0.2) is 5.75 Å². The molecule has 0 saturated carbocycles. The molecule has 26 heavy (non-hydrogen) atoms. The number of fused-ring (bicyclic) bond motifs is 1. The zero-order chi connectivity index (χ0) is 18.7. The lowest BCUT2D eigenvalue weighted by Gasteiger charge is -2.13. The van der Waals surface area contributed by atoms with Gasteiger partial charge in [-0.1, -0.05) is 12.8 Å². The minimum Gasteiger partial charge on any atom is -0.503 e. The first-order chi connectivity index (χ1) is 12.5. The second-order valence-electron chi connectivity index (χ2n) is 5.71. The summed E-state index contributed by atoms with van der Waals surface area (Å²) in [6.07, 6.45) is 7.17. The molecule has 0 fully saturated rings. The molecule has 0 atom stereocenters. The molecule has 0 saturated heterocycles. The van der Waals surface area contributed by atoms with Crippen molar-refractivity contribution in [2.45, 2.75) is 19.9 Å². The van der Waals surface area contributed by atoms with Crippen LogP contribution in [-0.2, 0) is 13.0 Å². The summed E-state index contributed by atoms with van der Waals surface area (Å²) >= 11 is 0. The highest BCUT2D eigenvalue weighted by molar-refractivity contribution is 5.78. The maximum absolute atomic E-state index is 12.3. The van der Waals surface area contributed by atoms with Gasteiger partial charge in [0.05, 0.1) is 17.8 Å². The van der Waals surface area contributed by atoms with Crippen LogP contribution in [0.1, 0.15) is 18.2 Å². The fourth-order valence-corrected chi connectivity index (χ4v) is 2.77. The van der Waals surface area contributed by atoms with Crippen molar-refractivity contribution in [2.75, 3.05) is 6.61 Å². The summed E-state index contributed by atoms with van der Waals surface area (Å²) in [6.45, 7) is 2.14. The second kappa shape index (κ2) is 7.19. The first-order valence-corrected chi connectivity index (χ1v) is 8.07. The highest BCUT2D eigenvalue weighted by atomic mass is 16.5. The topological polar surface area (TPSA) is 81.7 Å². The Kier molecular flexibility index (Phi) is 4.81. The fourth-order valence-electron chi connectivity index (χ4n) is 2.77. The Hall–Kier alpha value is -3.46. The van der Waals surface area contributed by atoms with Crippen molar-refractivity contribution in [3.8, 4) is 23.8 Å². The van der Waals surface area contributed by atoms with E-state index in [0.29, 0.717) is 29.0 Å². The number of aromatic nitrogens is 1. The van der Waals surface area contributed by atoms with Crippen molar-refractivity contribution in [3.63, 3.8) is 0 Å². The molecule has 3 aromatic rings. The average molecular weight is 351 g/mol. The van der Waals surface area contributed by atoms with E-state index >= 15 is 0 Å². The van der Waals surface area contributed by atoms with Crippen molar-refractivity contribution >= 4 is 11.0 Å². The Balaban J connectivity index is 2.01. The molecule has 132 valence electrons. The van der Waals surface area contributed by atoms with E-state index in [0.717, 1.165) is 5.39 Å². The van der Waals surface area contributed by atoms with Gasteiger partial charge >= 0.3 is 5.63 Å². The maximum atomic E-state index is 12.3. The van der Waals surface area contributed by atoms with Crippen LogP contribution < -0.4 is 15.8 Å². The molecule has 0 bridgehead atoms. The lowest BCUT2D eigenvalue weighted by molar-refractivity contribution is 0.370.